The van der Waals surface area contributed by atoms with E-state index in [1.165, 1.54) is 12.8 Å². The Morgan fingerprint density at radius 1 is 1.18 bits per heavy atom. The number of nitrogens with zero attached hydrogens (tertiary/aromatic N) is 1. The molecule has 150 valence electrons. The Kier molecular flexibility index (Phi) is 5.07. The van der Waals surface area contributed by atoms with Gasteiger partial charge in [0.05, 0.1) is 23.2 Å². The van der Waals surface area contributed by atoms with E-state index in [-0.39, 0.29) is 18.1 Å². The highest BCUT2D eigenvalue weighted by Crippen LogP contribution is 2.36. The number of amides is 1. The molecule has 6 nitrogen and oxygen atoms in total. The molecular weight excluding hydrogens is 352 g/mol. The van der Waals surface area contributed by atoms with Crippen molar-refractivity contribution in [3.63, 3.8) is 0 Å². The van der Waals surface area contributed by atoms with Crippen LogP contribution in [0.25, 0.3) is 11.0 Å². The van der Waals surface area contributed by atoms with Gasteiger partial charge in [-0.1, -0.05) is 12.1 Å². The van der Waals surface area contributed by atoms with E-state index in [9.17, 15) is 4.79 Å². The second-order valence-electron chi connectivity index (χ2n) is 8.84. The Morgan fingerprint density at radius 2 is 2.00 bits per heavy atom. The number of imidazole rings is 1. The van der Waals surface area contributed by atoms with Crippen molar-refractivity contribution in [2.45, 2.75) is 50.7 Å². The van der Waals surface area contributed by atoms with Crippen LogP contribution in [-0.2, 0) is 16.0 Å². The van der Waals surface area contributed by atoms with Gasteiger partial charge in [-0.25, -0.2) is 4.98 Å². The fourth-order valence-corrected chi connectivity index (χ4v) is 4.79. The minimum atomic E-state index is 0.106. The van der Waals surface area contributed by atoms with Crippen molar-refractivity contribution in [2.75, 3.05) is 19.7 Å². The molecule has 6 heteroatoms. The predicted molar refractivity (Wildman–Crippen MR) is 108 cm³/mol. The molecule has 4 atom stereocenters. The summed E-state index contributed by atoms with van der Waals surface area (Å²) in [6, 6.07) is 8.12. The van der Waals surface area contributed by atoms with Crippen molar-refractivity contribution in [1.29, 1.82) is 0 Å². The number of rotatable bonds is 7. The highest BCUT2D eigenvalue weighted by molar-refractivity contribution is 5.77. The van der Waals surface area contributed by atoms with Crippen LogP contribution in [0.4, 0.5) is 0 Å². The number of carbonyl (C=O) groups excluding carboxylic acids is 1. The van der Waals surface area contributed by atoms with Crippen molar-refractivity contribution in [3.05, 3.63) is 30.1 Å². The topological polar surface area (TPSA) is 79.0 Å². The van der Waals surface area contributed by atoms with Gasteiger partial charge in [0.25, 0.3) is 0 Å². The second kappa shape index (κ2) is 7.84. The van der Waals surface area contributed by atoms with Crippen molar-refractivity contribution in [1.82, 2.24) is 20.6 Å². The first-order chi connectivity index (χ1) is 13.7. The highest BCUT2D eigenvalue weighted by Gasteiger charge is 2.41. The molecule has 1 aromatic carbocycles. The number of fused-ring (bicyclic) bond motifs is 2. The summed E-state index contributed by atoms with van der Waals surface area (Å²) < 4.78 is 6.27. The van der Waals surface area contributed by atoms with Crippen LogP contribution in [-0.4, -0.2) is 47.7 Å². The van der Waals surface area contributed by atoms with Gasteiger partial charge in [0.1, 0.15) is 5.82 Å². The molecule has 0 bridgehead atoms. The summed E-state index contributed by atoms with van der Waals surface area (Å²) in [6.45, 7) is 3.03. The molecule has 3 N–H and O–H groups in total. The van der Waals surface area contributed by atoms with Gasteiger partial charge in [-0.2, -0.15) is 0 Å². The normalized spacial score (nSPS) is 29.7. The largest absolute Gasteiger partial charge is 0.376 e. The molecule has 1 aliphatic heterocycles. The maximum Gasteiger partial charge on any atom is 0.220 e. The number of aromatic nitrogens is 2. The summed E-state index contributed by atoms with van der Waals surface area (Å²) in [5.74, 6) is 3.11. The van der Waals surface area contributed by atoms with Crippen LogP contribution in [0.15, 0.2) is 24.3 Å². The van der Waals surface area contributed by atoms with E-state index < -0.39 is 0 Å². The van der Waals surface area contributed by atoms with Gasteiger partial charge >= 0.3 is 0 Å². The zero-order valence-electron chi connectivity index (χ0n) is 16.3. The van der Waals surface area contributed by atoms with Crippen LogP contribution in [0.1, 0.15) is 37.9 Å². The summed E-state index contributed by atoms with van der Waals surface area (Å²) in [7, 11) is 0. The van der Waals surface area contributed by atoms with Gasteiger partial charge in [-0.3, -0.25) is 4.79 Å². The van der Waals surface area contributed by atoms with Gasteiger partial charge in [-0.15, -0.1) is 0 Å². The fourth-order valence-electron chi connectivity index (χ4n) is 4.79. The third-order valence-corrected chi connectivity index (χ3v) is 6.64. The number of aromatic amines is 1. The quantitative estimate of drug-likeness (QED) is 0.687. The Bertz CT molecular complexity index is 798. The average molecular weight is 383 g/mol. The smallest absolute Gasteiger partial charge is 0.220 e. The van der Waals surface area contributed by atoms with E-state index in [0.29, 0.717) is 24.7 Å². The van der Waals surface area contributed by atoms with E-state index in [4.69, 9.17) is 4.74 Å². The highest BCUT2D eigenvalue weighted by atomic mass is 16.5. The second-order valence-corrected chi connectivity index (χ2v) is 8.84. The van der Waals surface area contributed by atoms with E-state index in [1.54, 1.807) is 0 Å². The molecule has 2 saturated carbocycles. The van der Waals surface area contributed by atoms with Crippen molar-refractivity contribution >= 4 is 16.9 Å². The molecule has 2 aliphatic carbocycles. The van der Waals surface area contributed by atoms with Crippen molar-refractivity contribution in [2.24, 2.45) is 17.8 Å². The molecule has 0 spiro atoms. The zero-order chi connectivity index (χ0) is 18.9. The molecule has 2 aromatic rings. The number of aryl methyl sites for hydroxylation is 1. The summed E-state index contributed by atoms with van der Waals surface area (Å²) in [5, 5.41) is 6.81. The van der Waals surface area contributed by atoms with Crippen LogP contribution in [0.3, 0.4) is 0 Å². The van der Waals surface area contributed by atoms with Gasteiger partial charge < -0.3 is 20.4 Å². The third kappa shape index (κ3) is 4.08. The molecule has 0 radical (unpaired) electrons. The zero-order valence-corrected chi connectivity index (χ0v) is 16.3. The number of H-pyrrole nitrogens is 1. The lowest BCUT2D eigenvalue weighted by Crippen LogP contribution is -2.50. The number of benzene rings is 1. The lowest BCUT2D eigenvalue weighted by molar-refractivity contribution is -0.124. The molecule has 1 saturated heterocycles. The molecule has 3 fully saturated rings. The standard InChI is InChI=1S/C22H30N4O2/c27-22(8-7-21-24-17-3-1-2-4-18(17)25-21)26-19-9-15-11-23-12-16(15)10-20(19)28-13-14-5-6-14/h1-4,14-16,19-20,23H,5-13H2,(H,24,25)(H,26,27)/t15-,16+,19-,20-/m0/s1. The Hall–Kier alpha value is -1.92. The van der Waals surface area contributed by atoms with Gasteiger partial charge in [0.15, 0.2) is 0 Å². The van der Waals surface area contributed by atoms with Crippen molar-refractivity contribution in [3.8, 4) is 0 Å². The number of ether oxygens (including phenoxy) is 1. The first-order valence-electron chi connectivity index (χ1n) is 10.8. The summed E-state index contributed by atoms with van der Waals surface area (Å²) in [5.41, 5.74) is 1.98. The van der Waals surface area contributed by atoms with Gasteiger partial charge in [0, 0.05) is 19.4 Å². The number of hydrogen-bond acceptors (Lipinski definition) is 4. The molecule has 3 aliphatic rings. The molecule has 28 heavy (non-hydrogen) atoms. The summed E-state index contributed by atoms with van der Waals surface area (Å²) >= 11 is 0. The Labute approximate surface area is 165 Å². The number of para-hydroxylation sites is 2. The predicted octanol–water partition coefficient (Wildman–Crippen LogP) is 2.40. The fraction of sp³-hybridized carbons (Fsp3) is 0.636. The van der Waals surface area contributed by atoms with E-state index in [2.05, 4.69) is 20.6 Å². The van der Waals surface area contributed by atoms with Crippen LogP contribution >= 0.6 is 0 Å². The first-order valence-corrected chi connectivity index (χ1v) is 10.8. The molecule has 0 unspecified atom stereocenters. The SMILES string of the molecule is O=C(CCc1nc2ccccc2[nH]1)N[C@H]1C[C@H]2CNC[C@H]2C[C@@H]1OCC1CC1. The minimum absolute atomic E-state index is 0.106. The molecular formula is C22H30N4O2. The van der Waals surface area contributed by atoms with E-state index in [0.717, 1.165) is 55.3 Å². The molecule has 1 amide bonds. The maximum atomic E-state index is 12.7. The number of nitrogens with one attached hydrogen (secondary N) is 3. The summed E-state index contributed by atoms with van der Waals surface area (Å²) in [6.07, 6.45) is 5.95. The minimum Gasteiger partial charge on any atom is -0.376 e. The third-order valence-electron chi connectivity index (χ3n) is 6.64. The first kappa shape index (κ1) is 18.1. The lowest BCUT2D eigenvalue weighted by atomic mass is 9.77. The molecule has 1 aromatic heterocycles. The van der Waals surface area contributed by atoms with Crippen LogP contribution in [0.2, 0.25) is 0 Å². The van der Waals surface area contributed by atoms with Crippen LogP contribution in [0.5, 0.6) is 0 Å². The maximum absolute atomic E-state index is 12.7. The number of carbonyl (C=O) groups is 1. The van der Waals surface area contributed by atoms with Gasteiger partial charge in [-0.05, 0) is 68.7 Å². The monoisotopic (exact) mass is 382 g/mol. The Morgan fingerprint density at radius 3 is 2.82 bits per heavy atom. The summed E-state index contributed by atoms with van der Waals surface area (Å²) in [4.78, 5) is 20.6. The van der Waals surface area contributed by atoms with E-state index in [1.807, 2.05) is 24.3 Å². The van der Waals surface area contributed by atoms with E-state index >= 15 is 0 Å². The van der Waals surface area contributed by atoms with Crippen LogP contribution < -0.4 is 10.6 Å². The lowest BCUT2D eigenvalue weighted by Gasteiger charge is -2.38. The Balaban J connectivity index is 1.17. The molecule has 2 heterocycles. The average Bonchev–Trinajstić information content (AvgIpc) is 3.26. The van der Waals surface area contributed by atoms with Crippen molar-refractivity contribution < 1.29 is 9.53 Å². The molecule has 5 rings (SSSR count). The van der Waals surface area contributed by atoms with Gasteiger partial charge in [0.2, 0.25) is 5.91 Å². The van der Waals surface area contributed by atoms with Crippen LogP contribution in [0, 0.1) is 17.8 Å². The number of hydrogen-bond donors (Lipinski definition) is 3.